The van der Waals surface area contributed by atoms with Crippen LogP contribution in [0.15, 0.2) is 83.8 Å². The van der Waals surface area contributed by atoms with Crippen LogP contribution in [0.25, 0.3) is 6.08 Å². The number of ether oxygens (including phenoxy) is 2. The van der Waals surface area contributed by atoms with Gasteiger partial charge < -0.3 is 14.8 Å². The fourth-order valence-electron chi connectivity index (χ4n) is 3.97. The molecule has 0 aromatic heterocycles. The summed E-state index contributed by atoms with van der Waals surface area (Å²) in [5.41, 5.74) is 2.29. The summed E-state index contributed by atoms with van der Waals surface area (Å²) in [6.45, 7) is 1.47. The van der Waals surface area contributed by atoms with E-state index in [1.165, 1.54) is 17.5 Å². The van der Waals surface area contributed by atoms with Crippen LogP contribution in [0.4, 0.5) is 5.69 Å². The maximum atomic E-state index is 13.2. The molecule has 0 spiro atoms. The van der Waals surface area contributed by atoms with Crippen LogP contribution in [0.3, 0.4) is 0 Å². The Bertz CT molecular complexity index is 1300. The highest BCUT2D eigenvalue weighted by Gasteiger charge is 2.29. The van der Waals surface area contributed by atoms with E-state index in [0.29, 0.717) is 36.7 Å². The number of sulfonamides is 1. The molecule has 8 heteroatoms. The molecule has 3 aromatic carbocycles. The molecule has 0 unspecified atom stereocenters. The Hall–Kier alpha value is -3.62. The molecule has 188 valence electrons. The molecule has 1 saturated heterocycles. The Morgan fingerprint density at radius 2 is 1.69 bits per heavy atom. The fraction of sp³-hybridized carbons (Fsp3) is 0.250. The molecule has 4 rings (SSSR count). The maximum Gasteiger partial charge on any atom is 0.248 e. The van der Waals surface area contributed by atoms with E-state index >= 15 is 0 Å². The lowest BCUT2D eigenvalue weighted by Gasteiger charge is -2.26. The summed E-state index contributed by atoms with van der Waals surface area (Å²) >= 11 is 0. The van der Waals surface area contributed by atoms with Crippen LogP contribution in [0.1, 0.15) is 30.4 Å². The quantitative estimate of drug-likeness (QED) is 0.408. The Kier molecular flexibility index (Phi) is 8.40. The van der Waals surface area contributed by atoms with Gasteiger partial charge in [-0.15, -0.1) is 0 Å². The number of nitrogens with one attached hydrogen (secondary N) is 1. The summed E-state index contributed by atoms with van der Waals surface area (Å²) in [6, 6.07) is 21.9. The lowest BCUT2D eigenvalue weighted by molar-refractivity contribution is -0.111. The average molecular weight is 507 g/mol. The van der Waals surface area contributed by atoms with E-state index in [1.54, 1.807) is 48.5 Å². The van der Waals surface area contributed by atoms with Crippen molar-refractivity contribution < 1.29 is 22.7 Å². The SMILES string of the molecule is COc1ccc(C=CC(=O)Nc2ccc(OCc3ccccc3)cc2)cc1S(=O)(=O)N1CCCCC1. The molecule has 3 aromatic rings. The highest BCUT2D eigenvalue weighted by atomic mass is 32.2. The zero-order valence-electron chi connectivity index (χ0n) is 20.2. The molecule has 0 saturated carbocycles. The predicted octanol–water partition coefficient (Wildman–Crippen LogP) is 5.10. The summed E-state index contributed by atoms with van der Waals surface area (Å²) in [4.78, 5) is 12.6. The first-order valence-electron chi connectivity index (χ1n) is 11.9. The molecule has 1 heterocycles. The molecule has 1 aliphatic rings. The summed E-state index contributed by atoms with van der Waals surface area (Å²) in [5, 5.41) is 2.80. The van der Waals surface area contributed by atoms with Gasteiger partial charge in [0.15, 0.2) is 0 Å². The summed E-state index contributed by atoms with van der Waals surface area (Å²) < 4.78 is 39.0. The molecule has 7 nitrogen and oxygen atoms in total. The van der Waals surface area contributed by atoms with Gasteiger partial charge in [0.2, 0.25) is 15.9 Å². The Morgan fingerprint density at radius 3 is 2.39 bits per heavy atom. The van der Waals surface area contributed by atoms with Gasteiger partial charge in [-0.05, 0) is 66.4 Å². The van der Waals surface area contributed by atoms with Gasteiger partial charge in [-0.25, -0.2) is 8.42 Å². The van der Waals surface area contributed by atoms with Crippen LogP contribution in [-0.4, -0.2) is 38.8 Å². The van der Waals surface area contributed by atoms with Gasteiger partial charge in [0, 0.05) is 24.9 Å². The van der Waals surface area contributed by atoms with Crippen LogP contribution >= 0.6 is 0 Å². The maximum absolute atomic E-state index is 13.2. The molecule has 1 N–H and O–H groups in total. The van der Waals surface area contributed by atoms with Gasteiger partial charge in [-0.3, -0.25) is 4.79 Å². The van der Waals surface area contributed by atoms with Crippen molar-refractivity contribution in [2.45, 2.75) is 30.8 Å². The van der Waals surface area contributed by atoms with Gasteiger partial charge in [0.05, 0.1) is 7.11 Å². The molecule has 0 bridgehead atoms. The number of hydrogen-bond donors (Lipinski definition) is 1. The van der Waals surface area contributed by atoms with E-state index < -0.39 is 10.0 Å². The third-order valence-electron chi connectivity index (χ3n) is 5.92. The molecule has 0 radical (unpaired) electrons. The Morgan fingerprint density at radius 1 is 0.972 bits per heavy atom. The van der Waals surface area contributed by atoms with Gasteiger partial charge in [-0.2, -0.15) is 4.31 Å². The number of carbonyl (C=O) groups is 1. The standard InChI is InChI=1S/C28H30N2O5S/c1-34-26-16-10-22(20-27(26)36(32,33)30-18-6-3-7-19-30)11-17-28(31)29-24-12-14-25(15-13-24)35-21-23-8-4-2-5-9-23/h2,4-5,8-17,20H,3,6-7,18-19,21H2,1H3,(H,29,31). The number of carbonyl (C=O) groups excluding carboxylic acids is 1. The monoisotopic (exact) mass is 506 g/mol. The second-order valence-electron chi connectivity index (χ2n) is 8.50. The average Bonchev–Trinajstić information content (AvgIpc) is 2.92. The smallest absolute Gasteiger partial charge is 0.248 e. The second kappa shape index (κ2) is 11.9. The third kappa shape index (κ3) is 6.53. The fourth-order valence-corrected chi connectivity index (χ4v) is 5.68. The van der Waals surface area contributed by atoms with Crippen molar-refractivity contribution in [3.8, 4) is 11.5 Å². The molecule has 0 atom stereocenters. The van der Waals surface area contributed by atoms with Crippen molar-refractivity contribution >= 4 is 27.7 Å². The molecule has 36 heavy (non-hydrogen) atoms. The Labute approximate surface area is 212 Å². The third-order valence-corrected chi connectivity index (χ3v) is 7.84. The van der Waals surface area contributed by atoms with Crippen molar-refractivity contribution in [3.63, 3.8) is 0 Å². The van der Waals surface area contributed by atoms with E-state index in [-0.39, 0.29) is 16.6 Å². The largest absolute Gasteiger partial charge is 0.495 e. The van der Waals surface area contributed by atoms with Crippen molar-refractivity contribution in [2.75, 3.05) is 25.5 Å². The van der Waals surface area contributed by atoms with Crippen LogP contribution < -0.4 is 14.8 Å². The van der Waals surface area contributed by atoms with E-state index in [9.17, 15) is 13.2 Å². The Balaban J connectivity index is 1.39. The zero-order chi connectivity index (χ0) is 25.4. The van der Waals surface area contributed by atoms with E-state index in [1.807, 2.05) is 30.3 Å². The van der Waals surface area contributed by atoms with E-state index in [4.69, 9.17) is 9.47 Å². The van der Waals surface area contributed by atoms with Gasteiger partial charge >= 0.3 is 0 Å². The first kappa shape index (κ1) is 25.5. The zero-order valence-corrected chi connectivity index (χ0v) is 21.0. The number of methoxy groups -OCH3 is 1. The second-order valence-corrected chi connectivity index (χ2v) is 10.4. The highest BCUT2D eigenvalue weighted by Crippen LogP contribution is 2.30. The minimum atomic E-state index is -3.68. The number of anilines is 1. The van der Waals surface area contributed by atoms with Gasteiger partial charge in [-0.1, -0.05) is 42.8 Å². The summed E-state index contributed by atoms with van der Waals surface area (Å²) in [6.07, 6.45) is 5.69. The minimum absolute atomic E-state index is 0.112. The normalized spacial score (nSPS) is 14.5. The lowest BCUT2D eigenvalue weighted by atomic mass is 10.2. The van der Waals surface area contributed by atoms with Crippen LogP contribution in [0.5, 0.6) is 11.5 Å². The lowest BCUT2D eigenvalue weighted by Crippen LogP contribution is -2.35. The molecule has 1 aliphatic heterocycles. The molecule has 1 fully saturated rings. The van der Waals surface area contributed by atoms with Crippen LogP contribution in [0, 0.1) is 0 Å². The first-order chi connectivity index (χ1) is 17.5. The van der Waals surface area contributed by atoms with Crippen molar-refractivity contribution in [2.24, 2.45) is 0 Å². The number of piperidine rings is 1. The number of nitrogens with zero attached hydrogens (tertiary/aromatic N) is 1. The van der Waals surface area contributed by atoms with Crippen LogP contribution in [0.2, 0.25) is 0 Å². The molecule has 1 amide bonds. The molecule has 0 aliphatic carbocycles. The van der Waals surface area contributed by atoms with E-state index in [0.717, 1.165) is 24.8 Å². The number of amides is 1. The van der Waals surface area contributed by atoms with Crippen molar-refractivity contribution in [1.29, 1.82) is 0 Å². The predicted molar refractivity (Wildman–Crippen MR) is 140 cm³/mol. The number of hydrogen-bond acceptors (Lipinski definition) is 5. The topological polar surface area (TPSA) is 84.9 Å². The number of benzene rings is 3. The minimum Gasteiger partial charge on any atom is -0.495 e. The van der Waals surface area contributed by atoms with Gasteiger partial charge in [0.1, 0.15) is 23.0 Å². The summed E-state index contributed by atoms with van der Waals surface area (Å²) in [5.74, 6) is 0.661. The van der Waals surface area contributed by atoms with Crippen LogP contribution in [-0.2, 0) is 21.4 Å². The van der Waals surface area contributed by atoms with E-state index in [2.05, 4.69) is 5.32 Å². The first-order valence-corrected chi connectivity index (χ1v) is 13.3. The molecular formula is C28H30N2O5S. The van der Waals surface area contributed by atoms with Crippen molar-refractivity contribution in [1.82, 2.24) is 4.31 Å². The van der Waals surface area contributed by atoms with Crippen molar-refractivity contribution in [3.05, 3.63) is 90.0 Å². The van der Waals surface area contributed by atoms with Gasteiger partial charge in [0.25, 0.3) is 0 Å². The highest BCUT2D eigenvalue weighted by molar-refractivity contribution is 7.89. The molecular weight excluding hydrogens is 476 g/mol. The summed E-state index contributed by atoms with van der Waals surface area (Å²) in [7, 11) is -2.23. The number of rotatable bonds is 9.